The number of fused-ring (bicyclic) bond motifs is 1. The number of benzene rings is 2. The molecule has 8 heteroatoms. The van der Waals surface area contributed by atoms with Crippen LogP contribution in [-0.2, 0) is 9.59 Å². The molecule has 1 N–H and O–H groups in total. The summed E-state index contributed by atoms with van der Waals surface area (Å²) in [6, 6.07) is 9.42. The molecular formula is C22H20Cl2N2O4. The van der Waals surface area contributed by atoms with Crippen molar-refractivity contribution < 1.29 is 19.1 Å². The second kappa shape index (κ2) is 8.28. The fourth-order valence-electron chi connectivity index (χ4n) is 4.21. The average Bonchev–Trinajstić information content (AvgIpc) is 2.98. The zero-order valence-corrected chi connectivity index (χ0v) is 17.8. The zero-order chi connectivity index (χ0) is 21.4. The van der Waals surface area contributed by atoms with E-state index in [0.29, 0.717) is 22.1 Å². The summed E-state index contributed by atoms with van der Waals surface area (Å²) >= 11 is 12.0. The Morgan fingerprint density at radius 3 is 2.30 bits per heavy atom. The maximum atomic E-state index is 12.9. The molecule has 3 amide bonds. The summed E-state index contributed by atoms with van der Waals surface area (Å²) in [5, 5.41) is 3.39. The minimum atomic E-state index is -0.458. The predicted octanol–water partition coefficient (Wildman–Crippen LogP) is 4.93. The molecule has 0 aromatic heterocycles. The fourth-order valence-corrected chi connectivity index (χ4v) is 4.71. The Hall–Kier alpha value is -2.57. The van der Waals surface area contributed by atoms with Crippen LogP contribution in [0.25, 0.3) is 0 Å². The molecule has 1 saturated heterocycles. The molecule has 2 aromatic rings. The molecule has 1 heterocycles. The van der Waals surface area contributed by atoms with E-state index in [1.807, 2.05) is 0 Å². The topological polar surface area (TPSA) is 75.7 Å². The Bertz CT molecular complexity index is 1020. The van der Waals surface area contributed by atoms with Gasteiger partial charge in [0.1, 0.15) is 5.75 Å². The molecule has 4 rings (SSSR count). The Kier molecular flexibility index (Phi) is 5.71. The smallest absolute Gasteiger partial charge is 0.257 e. The van der Waals surface area contributed by atoms with Crippen LogP contribution in [0.1, 0.15) is 36.0 Å². The number of amides is 3. The number of methoxy groups -OCH3 is 1. The van der Waals surface area contributed by atoms with E-state index in [2.05, 4.69) is 5.32 Å². The number of rotatable bonds is 4. The van der Waals surface area contributed by atoms with Crippen molar-refractivity contribution in [3.63, 3.8) is 0 Å². The van der Waals surface area contributed by atoms with Crippen LogP contribution in [0.5, 0.6) is 5.75 Å². The second-order valence-electron chi connectivity index (χ2n) is 7.47. The molecule has 1 saturated carbocycles. The third kappa shape index (κ3) is 3.66. The largest absolute Gasteiger partial charge is 0.495 e. The highest BCUT2D eigenvalue weighted by molar-refractivity contribution is 6.37. The summed E-state index contributed by atoms with van der Waals surface area (Å²) in [5.41, 5.74) is 0.993. The first-order valence-corrected chi connectivity index (χ1v) is 10.5. The van der Waals surface area contributed by atoms with Crippen LogP contribution >= 0.6 is 23.2 Å². The lowest BCUT2D eigenvalue weighted by Gasteiger charge is -2.19. The number of ether oxygens (including phenoxy) is 1. The molecule has 1 aliphatic carbocycles. The van der Waals surface area contributed by atoms with Gasteiger partial charge in [0, 0.05) is 5.02 Å². The molecular weight excluding hydrogens is 427 g/mol. The third-order valence-corrected chi connectivity index (χ3v) is 6.25. The van der Waals surface area contributed by atoms with E-state index in [1.54, 1.807) is 24.3 Å². The van der Waals surface area contributed by atoms with Gasteiger partial charge in [-0.2, -0.15) is 0 Å². The van der Waals surface area contributed by atoms with Gasteiger partial charge in [-0.1, -0.05) is 36.0 Å². The van der Waals surface area contributed by atoms with E-state index in [0.717, 1.165) is 25.7 Å². The van der Waals surface area contributed by atoms with Gasteiger partial charge in [-0.05, 0) is 49.2 Å². The molecule has 156 valence electrons. The minimum absolute atomic E-state index is 0.173. The molecule has 2 atom stereocenters. The fraction of sp³-hybridized carbons (Fsp3) is 0.318. The van der Waals surface area contributed by atoms with E-state index in [1.165, 1.54) is 24.1 Å². The van der Waals surface area contributed by atoms with E-state index >= 15 is 0 Å². The SMILES string of the molecule is COc1ccc(N2C(=O)[C@H]3CCCC[C@H]3C2=O)cc1NC(=O)c1ccc(Cl)cc1Cl. The van der Waals surface area contributed by atoms with Crippen LogP contribution in [0.15, 0.2) is 36.4 Å². The van der Waals surface area contributed by atoms with Crippen LogP contribution in [0.2, 0.25) is 10.0 Å². The number of hydrogen-bond donors (Lipinski definition) is 1. The number of imide groups is 1. The number of nitrogens with one attached hydrogen (secondary N) is 1. The molecule has 0 spiro atoms. The molecule has 1 aliphatic heterocycles. The van der Waals surface area contributed by atoms with Crippen molar-refractivity contribution in [1.29, 1.82) is 0 Å². The highest BCUT2D eigenvalue weighted by Gasteiger charge is 2.48. The number of halogens is 2. The molecule has 0 bridgehead atoms. The van der Waals surface area contributed by atoms with Gasteiger partial charge < -0.3 is 10.1 Å². The molecule has 2 aliphatic rings. The summed E-state index contributed by atoms with van der Waals surface area (Å²) in [5.74, 6) is -0.909. The zero-order valence-electron chi connectivity index (χ0n) is 16.3. The van der Waals surface area contributed by atoms with Crippen LogP contribution in [-0.4, -0.2) is 24.8 Å². The van der Waals surface area contributed by atoms with Gasteiger partial charge in [0.25, 0.3) is 5.91 Å². The lowest BCUT2D eigenvalue weighted by Crippen LogP contribution is -2.31. The number of carbonyl (C=O) groups is 3. The summed E-state index contributed by atoms with van der Waals surface area (Å²) in [7, 11) is 1.47. The Labute approximate surface area is 184 Å². The average molecular weight is 447 g/mol. The van der Waals surface area contributed by atoms with Crippen molar-refractivity contribution in [2.75, 3.05) is 17.3 Å². The maximum absolute atomic E-state index is 12.9. The van der Waals surface area contributed by atoms with E-state index < -0.39 is 5.91 Å². The van der Waals surface area contributed by atoms with Crippen molar-refractivity contribution in [2.24, 2.45) is 11.8 Å². The van der Waals surface area contributed by atoms with Crippen LogP contribution < -0.4 is 15.0 Å². The molecule has 0 radical (unpaired) electrons. The summed E-state index contributed by atoms with van der Waals surface area (Å²) in [6.07, 6.45) is 3.39. The van der Waals surface area contributed by atoms with E-state index in [4.69, 9.17) is 27.9 Å². The van der Waals surface area contributed by atoms with Crippen LogP contribution in [0.3, 0.4) is 0 Å². The summed E-state index contributed by atoms with van der Waals surface area (Å²) in [4.78, 5) is 39.8. The molecule has 2 aromatic carbocycles. The summed E-state index contributed by atoms with van der Waals surface area (Å²) < 4.78 is 5.34. The van der Waals surface area contributed by atoms with Gasteiger partial charge in [0.05, 0.1) is 40.9 Å². The van der Waals surface area contributed by atoms with Crippen LogP contribution in [0, 0.1) is 11.8 Å². The number of anilines is 2. The summed E-state index contributed by atoms with van der Waals surface area (Å²) in [6.45, 7) is 0. The Balaban J connectivity index is 1.65. The van der Waals surface area contributed by atoms with Crippen LogP contribution in [0.4, 0.5) is 11.4 Å². The minimum Gasteiger partial charge on any atom is -0.495 e. The monoisotopic (exact) mass is 446 g/mol. The van der Waals surface area contributed by atoms with E-state index in [9.17, 15) is 14.4 Å². The molecule has 2 fully saturated rings. The Morgan fingerprint density at radius 2 is 1.70 bits per heavy atom. The van der Waals surface area contributed by atoms with Crippen molar-refractivity contribution in [3.8, 4) is 5.75 Å². The van der Waals surface area contributed by atoms with Gasteiger partial charge in [0.15, 0.2) is 0 Å². The maximum Gasteiger partial charge on any atom is 0.257 e. The highest BCUT2D eigenvalue weighted by atomic mass is 35.5. The number of carbonyl (C=O) groups excluding carboxylic acids is 3. The van der Waals surface area contributed by atoms with Crippen molar-refractivity contribution in [2.45, 2.75) is 25.7 Å². The van der Waals surface area contributed by atoms with Crippen molar-refractivity contribution >= 4 is 52.3 Å². The first-order valence-electron chi connectivity index (χ1n) is 9.73. The molecule has 0 unspecified atom stereocenters. The van der Waals surface area contributed by atoms with Gasteiger partial charge in [-0.15, -0.1) is 0 Å². The van der Waals surface area contributed by atoms with Gasteiger partial charge >= 0.3 is 0 Å². The predicted molar refractivity (Wildman–Crippen MR) is 115 cm³/mol. The number of hydrogen-bond acceptors (Lipinski definition) is 4. The van der Waals surface area contributed by atoms with Crippen molar-refractivity contribution in [1.82, 2.24) is 0 Å². The van der Waals surface area contributed by atoms with Gasteiger partial charge in [-0.25, -0.2) is 4.90 Å². The number of nitrogens with zero attached hydrogens (tertiary/aromatic N) is 1. The normalized spacial score (nSPS) is 20.8. The standard InChI is InChI=1S/C22H20Cl2N2O4/c1-30-19-9-7-13(26-21(28)14-4-2-3-5-15(14)22(26)29)11-18(19)25-20(27)16-8-6-12(23)10-17(16)24/h6-11,14-15H,2-5H2,1H3,(H,25,27)/t14-,15+. The van der Waals surface area contributed by atoms with Gasteiger partial charge in [0.2, 0.25) is 11.8 Å². The molecule has 30 heavy (non-hydrogen) atoms. The van der Waals surface area contributed by atoms with Crippen molar-refractivity contribution in [3.05, 3.63) is 52.0 Å². The Morgan fingerprint density at radius 1 is 1.03 bits per heavy atom. The highest BCUT2D eigenvalue weighted by Crippen LogP contribution is 2.41. The quantitative estimate of drug-likeness (QED) is 0.675. The third-order valence-electron chi connectivity index (χ3n) is 5.71. The lowest BCUT2D eigenvalue weighted by atomic mass is 9.81. The van der Waals surface area contributed by atoms with Gasteiger partial charge in [-0.3, -0.25) is 14.4 Å². The second-order valence-corrected chi connectivity index (χ2v) is 8.32. The first-order chi connectivity index (χ1) is 14.4. The first kappa shape index (κ1) is 20.7. The lowest BCUT2D eigenvalue weighted by molar-refractivity contribution is -0.122. The molecule has 6 nitrogen and oxygen atoms in total. The van der Waals surface area contributed by atoms with E-state index in [-0.39, 0.29) is 34.2 Å².